The maximum atomic E-state index is 12.6. The quantitative estimate of drug-likeness (QED) is 0.126. The van der Waals surface area contributed by atoms with Crippen molar-refractivity contribution < 1.29 is 23.4 Å². The number of hydrazone groups is 1. The fourth-order valence-electron chi connectivity index (χ4n) is 4.62. The number of ether oxygens (including phenoxy) is 3. The second-order valence-electron chi connectivity index (χ2n) is 9.90. The Hall–Kier alpha value is -5.75. The van der Waals surface area contributed by atoms with Gasteiger partial charge in [-0.1, -0.05) is 18.2 Å². The maximum absolute atomic E-state index is 12.6. The Morgan fingerprint density at radius 1 is 0.909 bits per heavy atom. The molecule has 2 aromatic heterocycles. The molecule has 0 bridgehead atoms. The summed E-state index contributed by atoms with van der Waals surface area (Å²) in [6, 6.07) is 30.0. The zero-order valence-corrected chi connectivity index (χ0v) is 24.7. The molecule has 0 atom stereocenters. The lowest BCUT2D eigenvalue weighted by Crippen LogP contribution is -2.16. The van der Waals surface area contributed by atoms with Crippen molar-refractivity contribution in [2.45, 2.75) is 34.0 Å². The third kappa shape index (κ3) is 7.17. The Morgan fingerprint density at radius 3 is 2.43 bits per heavy atom. The molecule has 0 spiro atoms. The summed E-state index contributed by atoms with van der Waals surface area (Å²) in [6.07, 6.45) is 1.50. The number of aromatic nitrogens is 1. The number of nitrogens with one attached hydrogen (secondary N) is 1. The van der Waals surface area contributed by atoms with E-state index in [1.807, 2.05) is 49.4 Å². The van der Waals surface area contributed by atoms with Crippen LogP contribution in [-0.2, 0) is 13.2 Å². The Kier molecular flexibility index (Phi) is 9.42. The summed E-state index contributed by atoms with van der Waals surface area (Å²) >= 11 is 0. The van der Waals surface area contributed by atoms with Crippen LogP contribution in [0.3, 0.4) is 0 Å². The molecule has 0 saturated carbocycles. The average Bonchev–Trinajstić information content (AvgIpc) is 3.66. The van der Waals surface area contributed by atoms with Gasteiger partial charge in [-0.2, -0.15) is 10.4 Å². The highest BCUT2D eigenvalue weighted by Crippen LogP contribution is 2.29. The number of amides is 1. The smallest absolute Gasteiger partial charge is 0.307 e. The Morgan fingerprint density at radius 2 is 1.68 bits per heavy atom. The van der Waals surface area contributed by atoms with Crippen molar-refractivity contribution in [1.29, 1.82) is 5.26 Å². The van der Waals surface area contributed by atoms with Crippen molar-refractivity contribution in [2.24, 2.45) is 5.10 Å². The molecule has 5 rings (SSSR count). The molecule has 1 N–H and O–H groups in total. The molecule has 2 heterocycles. The molecule has 44 heavy (non-hydrogen) atoms. The third-order valence-corrected chi connectivity index (χ3v) is 6.80. The van der Waals surface area contributed by atoms with Crippen molar-refractivity contribution >= 4 is 12.1 Å². The van der Waals surface area contributed by atoms with Gasteiger partial charge in [-0.05, 0) is 99.1 Å². The molecule has 9 nitrogen and oxygen atoms in total. The number of carbonyl (C=O) groups is 1. The van der Waals surface area contributed by atoms with E-state index in [0.717, 1.165) is 22.6 Å². The minimum Gasteiger partial charge on any atom is -0.490 e. The van der Waals surface area contributed by atoms with Gasteiger partial charge < -0.3 is 23.2 Å². The predicted octanol–water partition coefficient (Wildman–Crippen LogP) is 6.88. The van der Waals surface area contributed by atoms with Crippen LogP contribution in [0.4, 0.5) is 0 Å². The van der Waals surface area contributed by atoms with Gasteiger partial charge in [0.25, 0.3) is 0 Å². The molecule has 0 aliphatic heterocycles. The van der Waals surface area contributed by atoms with Gasteiger partial charge in [0.2, 0.25) is 0 Å². The van der Waals surface area contributed by atoms with Crippen LogP contribution in [0.25, 0.3) is 5.69 Å². The number of aryl methyl sites for hydroxylation is 2. The summed E-state index contributed by atoms with van der Waals surface area (Å²) in [4.78, 5) is 12.6. The molecular formula is C35H32N4O5. The molecule has 0 fully saturated rings. The first-order valence-corrected chi connectivity index (χ1v) is 14.1. The van der Waals surface area contributed by atoms with Crippen molar-refractivity contribution in [1.82, 2.24) is 9.99 Å². The van der Waals surface area contributed by atoms with Crippen molar-refractivity contribution in [3.8, 4) is 29.0 Å². The van der Waals surface area contributed by atoms with Crippen LogP contribution < -0.4 is 19.6 Å². The minimum absolute atomic E-state index is 0.117. The Balaban J connectivity index is 1.14. The standard InChI is InChI=1S/C35H32N4O5/c1-4-41-34-19-26(11-17-32(34)43-22-28-8-6-5-7-27(28)20-36)21-37-38-35(40)33-18-16-31(44-33)23-42-30-14-12-29(13-15-30)39-24(2)9-10-25(39)3/h5-19,21H,4,22-23H2,1-3H3,(H,38,40)/b37-21+. The summed E-state index contributed by atoms with van der Waals surface area (Å²) in [7, 11) is 0. The molecular weight excluding hydrogens is 556 g/mol. The zero-order chi connectivity index (χ0) is 30.9. The number of nitriles is 1. The van der Waals surface area contributed by atoms with E-state index in [1.165, 1.54) is 6.21 Å². The first-order valence-electron chi connectivity index (χ1n) is 14.1. The number of nitrogens with zero attached hydrogens (tertiary/aromatic N) is 3. The van der Waals surface area contributed by atoms with Crippen LogP contribution in [0.15, 0.2) is 101 Å². The number of carbonyl (C=O) groups excluding carboxylic acids is 1. The van der Waals surface area contributed by atoms with Crippen molar-refractivity contribution in [3.05, 3.63) is 131 Å². The third-order valence-electron chi connectivity index (χ3n) is 6.80. The van der Waals surface area contributed by atoms with E-state index in [-0.39, 0.29) is 19.0 Å². The monoisotopic (exact) mass is 588 g/mol. The maximum Gasteiger partial charge on any atom is 0.307 e. The molecule has 0 aliphatic carbocycles. The minimum atomic E-state index is -0.490. The molecule has 1 amide bonds. The first-order chi connectivity index (χ1) is 21.4. The SMILES string of the molecule is CCOc1cc(/C=N/NC(=O)c2ccc(COc3ccc(-n4c(C)ccc4C)cc3)o2)ccc1OCc1ccccc1C#N. The van der Waals surface area contributed by atoms with Gasteiger partial charge in [-0.3, -0.25) is 4.79 Å². The number of benzene rings is 3. The molecule has 0 unspecified atom stereocenters. The van der Waals surface area contributed by atoms with Crippen LogP contribution in [-0.4, -0.2) is 23.3 Å². The summed E-state index contributed by atoms with van der Waals surface area (Å²) in [6.45, 7) is 6.85. The van der Waals surface area contributed by atoms with Crippen LogP contribution in [0, 0.1) is 25.2 Å². The number of rotatable bonds is 12. The highest BCUT2D eigenvalue weighted by molar-refractivity contribution is 5.92. The van der Waals surface area contributed by atoms with Gasteiger partial charge >= 0.3 is 5.91 Å². The first kappa shape index (κ1) is 29.7. The number of hydrogen-bond acceptors (Lipinski definition) is 7. The largest absolute Gasteiger partial charge is 0.490 e. The highest BCUT2D eigenvalue weighted by Gasteiger charge is 2.12. The number of hydrogen-bond donors (Lipinski definition) is 1. The van der Waals surface area contributed by atoms with Crippen molar-refractivity contribution in [3.63, 3.8) is 0 Å². The van der Waals surface area contributed by atoms with Gasteiger partial charge in [0, 0.05) is 22.6 Å². The van der Waals surface area contributed by atoms with Gasteiger partial charge in [0.05, 0.1) is 24.5 Å². The van der Waals surface area contributed by atoms with Crippen LogP contribution >= 0.6 is 0 Å². The lowest BCUT2D eigenvalue weighted by atomic mass is 10.1. The Labute approximate surface area is 255 Å². The second kappa shape index (κ2) is 13.9. The average molecular weight is 589 g/mol. The van der Waals surface area contributed by atoms with Gasteiger partial charge in [0.15, 0.2) is 17.3 Å². The molecule has 0 aliphatic rings. The van der Waals surface area contributed by atoms with E-state index in [1.54, 1.807) is 36.4 Å². The van der Waals surface area contributed by atoms with E-state index in [4.69, 9.17) is 18.6 Å². The van der Waals surface area contributed by atoms with Crippen LogP contribution in [0.5, 0.6) is 17.2 Å². The summed E-state index contributed by atoms with van der Waals surface area (Å²) in [5.74, 6) is 1.89. The van der Waals surface area contributed by atoms with Crippen molar-refractivity contribution in [2.75, 3.05) is 6.61 Å². The fraction of sp³-hybridized carbons (Fsp3) is 0.171. The highest BCUT2D eigenvalue weighted by atomic mass is 16.5. The van der Waals surface area contributed by atoms with Crippen LogP contribution in [0.1, 0.15) is 51.3 Å². The summed E-state index contributed by atoms with van der Waals surface area (Å²) < 4.78 is 25.4. The zero-order valence-electron chi connectivity index (χ0n) is 24.7. The molecule has 3 aromatic carbocycles. The molecule has 222 valence electrons. The van der Waals surface area contributed by atoms with E-state index in [2.05, 4.69) is 47.1 Å². The van der Waals surface area contributed by atoms with E-state index >= 15 is 0 Å². The summed E-state index contributed by atoms with van der Waals surface area (Å²) in [5, 5.41) is 13.4. The molecule has 5 aromatic rings. The van der Waals surface area contributed by atoms with Gasteiger partial charge in [-0.25, -0.2) is 5.43 Å². The summed E-state index contributed by atoms with van der Waals surface area (Å²) in [5.41, 5.74) is 7.90. The Bertz CT molecular complexity index is 1790. The molecule has 9 heteroatoms. The van der Waals surface area contributed by atoms with E-state index in [0.29, 0.717) is 40.7 Å². The predicted molar refractivity (Wildman–Crippen MR) is 166 cm³/mol. The normalized spacial score (nSPS) is 10.9. The van der Waals surface area contributed by atoms with Crippen LogP contribution in [0.2, 0.25) is 0 Å². The van der Waals surface area contributed by atoms with E-state index < -0.39 is 5.91 Å². The second-order valence-corrected chi connectivity index (χ2v) is 9.90. The molecule has 0 saturated heterocycles. The lowest BCUT2D eigenvalue weighted by molar-refractivity contribution is 0.0923. The fourth-order valence-corrected chi connectivity index (χ4v) is 4.62. The topological polar surface area (TPSA) is 111 Å². The lowest BCUT2D eigenvalue weighted by Gasteiger charge is -2.13. The van der Waals surface area contributed by atoms with Gasteiger partial charge in [0.1, 0.15) is 24.7 Å². The number of furan rings is 1. The van der Waals surface area contributed by atoms with Gasteiger partial charge in [-0.15, -0.1) is 0 Å². The van der Waals surface area contributed by atoms with E-state index in [9.17, 15) is 10.1 Å². The molecule has 0 radical (unpaired) electrons.